The Labute approximate surface area is 77.6 Å². The lowest BCUT2D eigenvalue weighted by atomic mass is 10.1. The van der Waals surface area contributed by atoms with E-state index in [1.807, 2.05) is 6.07 Å². The zero-order valence-electron chi connectivity index (χ0n) is 5.99. The Bertz CT molecular complexity index is 373. The third-order valence-electron chi connectivity index (χ3n) is 1.58. The number of hydrogen-bond acceptors (Lipinski definition) is 2. The minimum atomic E-state index is -0.235. The molecule has 59 valence electrons. The van der Waals surface area contributed by atoms with Crippen LogP contribution in [-0.4, -0.2) is 12.2 Å². The lowest BCUT2D eigenvalue weighted by Gasteiger charge is -2.08. The number of nitrogens with zero attached hydrogens (tertiary/aromatic N) is 2. The molecule has 1 aliphatic heterocycles. The first-order chi connectivity index (χ1) is 5.79. The molecule has 1 amide bonds. The van der Waals surface area contributed by atoms with Gasteiger partial charge in [-0.1, -0.05) is 6.07 Å². The molecule has 1 aromatic rings. The molecule has 0 saturated heterocycles. The Balaban J connectivity index is 2.69. The van der Waals surface area contributed by atoms with Crippen LogP contribution in [0.2, 0.25) is 0 Å². The second kappa shape index (κ2) is 2.71. The Morgan fingerprint density at radius 3 is 2.92 bits per heavy atom. The van der Waals surface area contributed by atoms with Crippen LogP contribution in [0.1, 0.15) is 10.4 Å². The van der Waals surface area contributed by atoms with Gasteiger partial charge in [0.05, 0.1) is 11.3 Å². The van der Waals surface area contributed by atoms with Crippen molar-refractivity contribution in [3.05, 3.63) is 28.2 Å². The zero-order chi connectivity index (χ0) is 8.55. The van der Waals surface area contributed by atoms with Gasteiger partial charge in [-0.2, -0.15) is 5.32 Å². The highest BCUT2D eigenvalue weighted by molar-refractivity contribution is 9.10. The number of benzene rings is 1. The van der Waals surface area contributed by atoms with E-state index in [0.717, 1.165) is 4.47 Å². The molecular weight excluding hydrogens is 220 g/mol. The van der Waals surface area contributed by atoms with Gasteiger partial charge >= 0.3 is 0 Å². The van der Waals surface area contributed by atoms with Gasteiger partial charge < -0.3 is 0 Å². The zero-order valence-corrected chi connectivity index (χ0v) is 7.58. The number of hydrogen-bond donors (Lipinski definition) is 0. The number of halogens is 1. The minimum absolute atomic E-state index is 0.235. The van der Waals surface area contributed by atoms with Crippen LogP contribution in [0, 0.1) is 0 Å². The van der Waals surface area contributed by atoms with Gasteiger partial charge in [-0.05, 0) is 28.1 Å². The van der Waals surface area contributed by atoms with Crippen molar-refractivity contribution >= 4 is 33.9 Å². The highest BCUT2D eigenvalue weighted by Crippen LogP contribution is 2.30. The van der Waals surface area contributed by atoms with Crippen molar-refractivity contribution in [1.29, 1.82) is 0 Å². The van der Waals surface area contributed by atoms with Crippen molar-refractivity contribution in [2.45, 2.75) is 0 Å². The first-order valence-electron chi connectivity index (χ1n) is 3.35. The number of para-hydroxylation sites is 1. The highest BCUT2D eigenvalue weighted by Gasteiger charge is 2.16. The predicted octanol–water partition coefficient (Wildman–Crippen LogP) is 1.87. The van der Waals surface area contributed by atoms with Crippen LogP contribution in [0.25, 0.3) is 0 Å². The van der Waals surface area contributed by atoms with E-state index >= 15 is 0 Å². The maximum absolute atomic E-state index is 11.2. The van der Waals surface area contributed by atoms with E-state index < -0.39 is 0 Å². The minimum Gasteiger partial charge on any atom is -0.267 e. The van der Waals surface area contributed by atoms with Crippen LogP contribution in [0.15, 0.2) is 27.7 Å². The van der Waals surface area contributed by atoms with Gasteiger partial charge in [0.15, 0.2) is 0 Å². The second-order valence-corrected chi connectivity index (χ2v) is 3.17. The Kier molecular flexibility index (Phi) is 1.69. The fourth-order valence-corrected chi connectivity index (χ4v) is 1.50. The van der Waals surface area contributed by atoms with Crippen LogP contribution >= 0.6 is 15.9 Å². The quantitative estimate of drug-likeness (QED) is 0.663. The fourth-order valence-electron chi connectivity index (χ4n) is 1.03. The van der Waals surface area contributed by atoms with Crippen molar-refractivity contribution in [1.82, 2.24) is 5.32 Å². The first-order valence-corrected chi connectivity index (χ1v) is 4.14. The molecule has 1 radical (unpaired) electrons. The summed E-state index contributed by atoms with van der Waals surface area (Å²) >= 11 is 3.30. The van der Waals surface area contributed by atoms with E-state index in [9.17, 15) is 4.79 Å². The molecule has 2 rings (SSSR count). The van der Waals surface area contributed by atoms with Gasteiger partial charge in [0.1, 0.15) is 6.34 Å². The van der Waals surface area contributed by atoms with Crippen LogP contribution in [-0.2, 0) is 0 Å². The summed E-state index contributed by atoms with van der Waals surface area (Å²) in [7, 11) is 0. The van der Waals surface area contributed by atoms with Crippen LogP contribution in [0.5, 0.6) is 0 Å². The van der Waals surface area contributed by atoms with E-state index in [0.29, 0.717) is 11.3 Å². The Hall–Kier alpha value is -1.16. The van der Waals surface area contributed by atoms with Crippen molar-refractivity contribution in [3.63, 3.8) is 0 Å². The SMILES string of the molecule is O=C1[N]C=Nc2c(Br)cccc21. The van der Waals surface area contributed by atoms with Crippen LogP contribution in [0.4, 0.5) is 5.69 Å². The molecule has 0 saturated carbocycles. The number of carbonyl (C=O) groups is 1. The summed E-state index contributed by atoms with van der Waals surface area (Å²) in [6.07, 6.45) is 1.27. The average Bonchev–Trinajstić information content (AvgIpc) is 2.07. The van der Waals surface area contributed by atoms with Gasteiger partial charge in [-0.25, -0.2) is 4.99 Å². The Morgan fingerprint density at radius 2 is 2.17 bits per heavy atom. The van der Waals surface area contributed by atoms with E-state index in [2.05, 4.69) is 26.2 Å². The molecule has 1 aromatic carbocycles. The van der Waals surface area contributed by atoms with E-state index in [1.165, 1.54) is 6.34 Å². The summed E-state index contributed by atoms with van der Waals surface area (Å²) < 4.78 is 0.819. The molecule has 0 aromatic heterocycles. The second-order valence-electron chi connectivity index (χ2n) is 2.31. The van der Waals surface area contributed by atoms with Crippen molar-refractivity contribution in [2.75, 3.05) is 0 Å². The predicted molar refractivity (Wildman–Crippen MR) is 48.8 cm³/mol. The monoisotopic (exact) mass is 223 g/mol. The van der Waals surface area contributed by atoms with E-state index in [1.54, 1.807) is 12.1 Å². The van der Waals surface area contributed by atoms with Gasteiger partial charge in [0, 0.05) is 4.47 Å². The highest BCUT2D eigenvalue weighted by atomic mass is 79.9. The lowest BCUT2D eigenvalue weighted by Crippen LogP contribution is -2.17. The third kappa shape index (κ3) is 1.04. The number of carbonyl (C=O) groups excluding carboxylic acids is 1. The lowest BCUT2D eigenvalue weighted by molar-refractivity contribution is 0.0974. The van der Waals surface area contributed by atoms with Crippen molar-refractivity contribution in [2.24, 2.45) is 4.99 Å². The van der Waals surface area contributed by atoms with Crippen molar-refractivity contribution in [3.8, 4) is 0 Å². The molecule has 3 nitrogen and oxygen atoms in total. The van der Waals surface area contributed by atoms with Crippen LogP contribution < -0.4 is 5.32 Å². The standard InChI is InChI=1S/C8H4BrN2O/c9-6-3-1-2-5-7(6)10-4-11-8(5)12/h1-4H. The smallest absolute Gasteiger partial charge is 0.267 e. The summed E-state index contributed by atoms with van der Waals surface area (Å²) in [4.78, 5) is 15.1. The summed E-state index contributed by atoms with van der Waals surface area (Å²) in [5.74, 6) is -0.235. The molecule has 0 bridgehead atoms. The molecule has 1 aliphatic rings. The van der Waals surface area contributed by atoms with E-state index in [4.69, 9.17) is 0 Å². The Morgan fingerprint density at radius 1 is 1.33 bits per heavy atom. The normalized spacial score (nSPS) is 13.9. The summed E-state index contributed by atoms with van der Waals surface area (Å²) in [5.41, 5.74) is 1.21. The molecule has 0 spiro atoms. The third-order valence-corrected chi connectivity index (χ3v) is 2.22. The maximum Gasteiger partial charge on any atom is 0.280 e. The molecule has 1 heterocycles. The molecule has 12 heavy (non-hydrogen) atoms. The molecule has 0 atom stereocenters. The first kappa shape index (κ1) is 7.49. The molecule has 0 unspecified atom stereocenters. The van der Waals surface area contributed by atoms with Gasteiger partial charge in [0.25, 0.3) is 5.91 Å². The van der Waals surface area contributed by atoms with Gasteiger partial charge in [0.2, 0.25) is 0 Å². The molecule has 4 heteroatoms. The average molecular weight is 224 g/mol. The summed E-state index contributed by atoms with van der Waals surface area (Å²) in [5, 5.41) is 3.56. The molecular formula is C8H4BrN2O. The topological polar surface area (TPSA) is 43.5 Å². The van der Waals surface area contributed by atoms with Crippen molar-refractivity contribution < 1.29 is 4.79 Å². The van der Waals surface area contributed by atoms with Gasteiger partial charge in [-0.15, -0.1) is 0 Å². The summed E-state index contributed by atoms with van der Waals surface area (Å²) in [6, 6.07) is 5.34. The number of fused-ring (bicyclic) bond motifs is 1. The van der Waals surface area contributed by atoms with Crippen LogP contribution in [0.3, 0.4) is 0 Å². The number of rotatable bonds is 0. The van der Waals surface area contributed by atoms with Gasteiger partial charge in [-0.3, -0.25) is 4.79 Å². The molecule has 0 N–H and O–H groups in total. The number of amides is 1. The molecule has 0 fully saturated rings. The summed E-state index contributed by atoms with van der Waals surface area (Å²) in [6.45, 7) is 0. The fraction of sp³-hybridized carbons (Fsp3) is 0. The maximum atomic E-state index is 11.2. The number of aliphatic imine (C=N–C) groups is 1. The van der Waals surface area contributed by atoms with E-state index in [-0.39, 0.29) is 5.91 Å². The largest absolute Gasteiger partial charge is 0.280 e. The molecule has 0 aliphatic carbocycles.